The molecule has 1 N–H and O–H groups in total. The van der Waals surface area contributed by atoms with Gasteiger partial charge in [0.05, 0.1) is 5.71 Å². The van der Waals surface area contributed by atoms with Gasteiger partial charge in [-0.1, -0.05) is 24.3 Å². The molecule has 0 bridgehead atoms. The lowest BCUT2D eigenvalue weighted by atomic mass is 9.90. The van der Waals surface area contributed by atoms with E-state index in [1.165, 1.54) is 17.0 Å². The molecule has 1 heterocycles. The van der Waals surface area contributed by atoms with Gasteiger partial charge < -0.3 is 4.57 Å². The molecule has 0 fully saturated rings. The summed E-state index contributed by atoms with van der Waals surface area (Å²) in [4.78, 5) is 12.5. The lowest BCUT2D eigenvalue weighted by Gasteiger charge is -2.17. The maximum atomic E-state index is 12.5. The summed E-state index contributed by atoms with van der Waals surface area (Å²) < 4.78 is 2.17. The number of rotatable bonds is 3. The summed E-state index contributed by atoms with van der Waals surface area (Å²) in [6.07, 6.45) is 3.03. The van der Waals surface area contributed by atoms with Crippen molar-refractivity contribution in [2.24, 2.45) is 5.10 Å². The quantitative estimate of drug-likeness (QED) is 0.686. The average molecular weight is 357 g/mol. The van der Waals surface area contributed by atoms with Crippen LogP contribution in [0.15, 0.2) is 65.8 Å². The van der Waals surface area contributed by atoms with E-state index in [0.29, 0.717) is 5.56 Å². The lowest BCUT2D eigenvalue weighted by molar-refractivity contribution is 0.0955. The summed E-state index contributed by atoms with van der Waals surface area (Å²) in [5.74, 6) is -0.182. The van der Waals surface area contributed by atoms with Crippen molar-refractivity contribution < 1.29 is 4.79 Å². The van der Waals surface area contributed by atoms with Gasteiger partial charge in [0.2, 0.25) is 0 Å². The number of carbonyl (C=O) groups is 1. The highest BCUT2D eigenvalue weighted by Crippen LogP contribution is 2.21. The first-order valence-corrected chi connectivity index (χ1v) is 9.34. The molecule has 27 heavy (non-hydrogen) atoms. The molecular weight excluding hydrogens is 334 g/mol. The topological polar surface area (TPSA) is 46.4 Å². The first-order chi connectivity index (χ1) is 13.1. The molecule has 0 radical (unpaired) electrons. The van der Waals surface area contributed by atoms with E-state index in [1.54, 1.807) is 0 Å². The highest BCUT2D eigenvalue weighted by atomic mass is 16.2. The van der Waals surface area contributed by atoms with Crippen molar-refractivity contribution in [3.8, 4) is 5.69 Å². The van der Waals surface area contributed by atoms with E-state index < -0.39 is 0 Å². The molecule has 1 aliphatic carbocycles. The van der Waals surface area contributed by atoms with Crippen LogP contribution in [0.4, 0.5) is 0 Å². The zero-order valence-electron chi connectivity index (χ0n) is 15.7. The monoisotopic (exact) mass is 357 g/mol. The van der Waals surface area contributed by atoms with Crippen molar-refractivity contribution in [3.63, 3.8) is 0 Å². The smallest absolute Gasteiger partial charge is 0.271 e. The highest BCUT2D eigenvalue weighted by molar-refractivity contribution is 6.04. The number of amides is 1. The minimum atomic E-state index is -0.182. The molecule has 4 rings (SSSR count). The Morgan fingerprint density at radius 1 is 0.926 bits per heavy atom. The Balaban J connectivity index is 1.51. The van der Waals surface area contributed by atoms with Gasteiger partial charge in [-0.25, -0.2) is 5.43 Å². The molecular formula is C23H23N3O. The van der Waals surface area contributed by atoms with E-state index in [1.807, 2.05) is 30.3 Å². The van der Waals surface area contributed by atoms with Crippen LogP contribution in [0.1, 0.15) is 45.7 Å². The largest absolute Gasteiger partial charge is 0.319 e. The van der Waals surface area contributed by atoms with E-state index in [-0.39, 0.29) is 5.91 Å². The summed E-state index contributed by atoms with van der Waals surface area (Å²) in [6.45, 7) is 4.15. The van der Waals surface area contributed by atoms with Crippen LogP contribution in [0.25, 0.3) is 5.69 Å². The maximum absolute atomic E-state index is 12.5. The van der Waals surface area contributed by atoms with Crippen LogP contribution in [0.5, 0.6) is 0 Å². The average Bonchev–Trinajstić information content (AvgIpc) is 3.04. The van der Waals surface area contributed by atoms with Gasteiger partial charge in [-0.05, 0) is 75.1 Å². The predicted octanol–water partition coefficient (Wildman–Crippen LogP) is 4.56. The molecule has 136 valence electrons. The number of nitrogens with zero attached hydrogens (tertiary/aromatic N) is 2. The van der Waals surface area contributed by atoms with E-state index in [0.717, 1.165) is 36.2 Å². The maximum Gasteiger partial charge on any atom is 0.271 e. The van der Waals surface area contributed by atoms with Gasteiger partial charge in [0, 0.05) is 28.2 Å². The van der Waals surface area contributed by atoms with Gasteiger partial charge in [0.25, 0.3) is 5.91 Å². The molecule has 0 unspecified atom stereocenters. The molecule has 1 aliphatic rings. The SMILES string of the molecule is Cc1ccc(C)n1-c1ccc(C(=O)N/N=C2/CCCc3ccccc32)cc1. The summed E-state index contributed by atoms with van der Waals surface area (Å²) in [5, 5.41) is 4.41. The van der Waals surface area contributed by atoms with Gasteiger partial charge in [-0.3, -0.25) is 4.79 Å². The Morgan fingerprint density at radius 3 is 2.37 bits per heavy atom. The molecule has 2 aromatic carbocycles. The predicted molar refractivity (Wildman–Crippen MR) is 109 cm³/mol. The normalized spacial score (nSPS) is 14.8. The van der Waals surface area contributed by atoms with Crippen molar-refractivity contribution in [1.82, 2.24) is 9.99 Å². The first-order valence-electron chi connectivity index (χ1n) is 9.34. The Bertz CT molecular complexity index is 993. The molecule has 1 amide bonds. The fraction of sp³-hybridized carbons (Fsp3) is 0.217. The van der Waals surface area contributed by atoms with Crippen molar-refractivity contribution in [1.29, 1.82) is 0 Å². The van der Waals surface area contributed by atoms with Gasteiger partial charge in [-0.2, -0.15) is 5.10 Å². The summed E-state index contributed by atoms with van der Waals surface area (Å²) in [5.41, 5.74) is 10.1. The standard InChI is InChI=1S/C23H23N3O/c1-16-10-11-17(2)26(16)20-14-12-19(13-15-20)23(27)25-24-22-9-5-7-18-6-3-4-8-21(18)22/h3-4,6,8,10-15H,5,7,9H2,1-2H3,(H,25,27)/b24-22-. The van der Waals surface area contributed by atoms with Gasteiger partial charge in [0.15, 0.2) is 0 Å². The van der Waals surface area contributed by atoms with Gasteiger partial charge in [-0.15, -0.1) is 0 Å². The molecule has 0 saturated heterocycles. The zero-order valence-corrected chi connectivity index (χ0v) is 15.7. The van der Waals surface area contributed by atoms with E-state index in [4.69, 9.17) is 0 Å². The number of hydrogen-bond donors (Lipinski definition) is 1. The van der Waals surface area contributed by atoms with Crippen LogP contribution >= 0.6 is 0 Å². The minimum Gasteiger partial charge on any atom is -0.319 e. The Labute approximate surface area is 159 Å². The summed E-state index contributed by atoms with van der Waals surface area (Å²) in [6, 6.07) is 20.1. The Morgan fingerprint density at radius 2 is 1.63 bits per heavy atom. The van der Waals surface area contributed by atoms with E-state index >= 15 is 0 Å². The summed E-state index contributed by atoms with van der Waals surface area (Å²) in [7, 11) is 0. The highest BCUT2D eigenvalue weighted by Gasteiger charge is 2.15. The van der Waals surface area contributed by atoms with Crippen LogP contribution in [-0.4, -0.2) is 16.2 Å². The second-order valence-electron chi connectivity index (χ2n) is 7.01. The number of aromatic nitrogens is 1. The number of fused-ring (bicyclic) bond motifs is 1. The number of hydrogen-bond acceptors (Lipinski definition) is 2. The molecule has 4 nitrogen and oxygen atoms in total. The number of aryl methyl sites for hydroxylation is 3. The van der Waals surface area contributed by atoms with Crippen LogP contribution in [0, 0.1) is 13.8 Å². The van der Waals surface area contributed by atoms with Crippen molar-refractivity contribution in [2.75, 3.05) is 0 Å². The van der Waals surface area contributed by atoms with Crippen LogP contribution in [0.3, 0.4) is 0 Å². The van der Waals surface area contributed by atoms with Crippen LogP contribution < -0.4 is 5.43 Å². The second-order valence-corrected chi connectivity index (χ2v) is 7.01. The molecule has 0 atom stereocenters. The summed E-state index contributed by atoms with van der Waals surface area (Å²) >= 11 is 0. The van der Waals surface area contributed by atoms with E-state index in [2.05, 4.69) is 59.3 Å². The number of carbonyl (C=O) groups excluding carboxylic acids is 1. The fourth-order valence-electron chi connectivity index (χ4n) is 3.74. The van der Waals surface area contributed by atoms with Crippen LogP contribution in [0.2, 0.25) is 0 Å². The van der Waals surface area contributed by atoms with Gasteiger partial charge >= 0.3 is 0 Å². The molecule has 0 spiro atoms. The van der Waals surface area contributed by atoms with Crippen LogP contribution in [-0.2, 0) is 6.42 Å². The zero-order chi connectivity index (χ0) is 18.8. The number of nitrogens with one attached hydrogen (secondary N) is 1. The number of hydrazone groups is 1. The second kappa shape index (κ2) is 7.23. The van der Waals surface area contributed by atoms with Crippen molar-refractivity contribution in [2.45, 2.75) is 33.1 Å². The molecule has 0 saturated carbocycles. The minimum absolute atomic E-state index is 0.182. The molecule has 0 aliphatic heterocycles. The molecule has 4 heteroatoms. The molecule has 1 aromatic heterocycles. The third kappa shape index (κ3) is 3.43. The Kier molecular flexibility index (Phi) is 4.63. The third-order valence-corrected chi connectivity index (χ3v) is 5.14. The lowest BCUT2D eigenvalue weighted by Crippen LogP contribution is -2.22. The third-order valence-electron chi connectivity index (χ3n) is 5.14. The van der Waals surface area contributed by atoms with Crippen molar-refractivity contribution >= 4 is 11.6 Å². The van der Waals surface area contributed by atoms with E-state index in [9.17, 15) is 4.79 Å². The fourth-order valence-corrected chi connectivity index (χ4v) is 3.74. The first kappa shape index (κ1) is 17.3. The number of benzene rings is 2. The van der Waals surface area contributed by atoms with Crippen molar-refractivity contribution in [3.05, 3.63) is 88.7 Å². The van der Waals surface area contributed by atoms with Gasteiger partial charge in [0.1, 0.15) is 0 Å². The molecule has 3 aromatic rings. The Hall–Kier alpha value is -3.14.